The number of aromatic amines is 1. The molecule has 0 fully saturated rings. The molecule has 0 atom stereocenters. The number of H-pyrrole nitrogens is 1. The molecule has 0 saturated heterocycles. The minimum Gasteiger partial charge on any atom is -0.501 e. The van der Waals surface area contributed by atoms with Crippen molar-refractivity contribution in [1.82, 2.24) is 9.97 Å². The Kier molecular flexibility index (Phi) is 3.48. The number of hydrogen-bond donors (Lipinski definition) is 2. The number of hydrogen-bond acceptors (Lipinski definition) is 8. The van der Waals surface area contributed by atoms with E-state index in [4.69, 9.17) is 0 Å². The number of nitro groups is 1. The smallest absolute Gasteiger partial charge is 0.360 e. The van der Waals surface area contributed by atoms with Gasteiger partial charge in [0.25, 0.3) is 11.2 Å². The Labute approximate surface area is 114 Å². The van der Waals surface area contributed by atoms with Gasteiger partial charge in [-0.2, -0.15) is 0 Å². The predicted molar refractivity (Wildman–Crippen MR) is 67.8 cm³/mol. The van der Waals surface area contributed by atoms with Crippen molar-refractivity contribution in [2.75, 3.05) is 7.11 Å². The van der Waals surface area contributed by atoms with Crippen LogP contribution in [0.25, 0.3) is 10.7 Å². The average Bonchev–Trinajstić information content (AvgIpc) is 2.90. The molecule has 2 aromatic heterocycles. The molecule has 0 spiro atoms. The summed E-state index contributed by atoms with van der Waals surface area (Å²) in [5, 5.41) is 21.3. The zero-order valence-electron chi connectivity index (χ0n) is 9.95. The van der Waals surface area contributed by atoms with Crippen molar-refractivity contribution in [3.05, 3.63) is 37.6 Å². The van der Waals surface area contributed by atoms with Gasteiger partial charge in [0, 0.05) is 6.07 Å². The Balaban J connectivity index is 2.57. The number of carbonyl (C=O) groups is 1. The van der Waals surface area contributed by atoms with Crippen LogP contribution in [-0.2, 0) is 4.74 Å². The summed E-state index contributed by atoms with van der Waals surface area (Å²) in [5.74, 6) is -1.92. The standard InChI is InChI=1S/C10H7N3O6S/c1-19-10(16)6-7(14)9(15)12-8(11-6)5-2-4(3-20-5)13(17)18/h2-3,14H,1H3,(H,11,12,15). The number of methoxy groups -OCH3 is 1. The van der Waals surface area contributed by atoms with Gasteiger partial charge in [0.1, 0.15) is 0 Å². The Morgan fingerprint density at radius 1 is 1.60 bits per heavy atom. The number of esters is 1. The fraction of sp³-hybridized carbons (Fsp3) is 0.100. The van der Waals surface area contributed by atoms with Crippen LogP contribution < -0.4 is 5.56 Å². The lowest BCUT2D eigenvalue weighted by Crippen LogP contribution is -2.16. The minimum atomic E-state index is -0.985. The van der Waals surface area contributed by atoms with Gasteiger partial charge in [0.05, 0.1) is 22.3 Å². The maximum absolute atomic E-state index is 11.5. The Hall–Kier alpha value is -2.75. The van der Waals surface area contributed by atoms with Gasteiger partial charge in [-0.1, -0.05) is 0 Å². The molecule has 0 aromatic carbocycles. The number of aromatic nitrogens is 2. The molecule has 104 valence electrons. The van der Waals surface area contributed by atoms with Crippen LogP contribution in [0.2, 0.25) is 0 Å². The molecule has 0 amide bonds. The van der Waals surface area contributed by atoms with Crippen LogP contribution >= 0.6 is 11.3 Å². The number of aromatic hydroxyl groups is 1. The van der Waals surface area contributed by atoms with Crippen molar-refractivity contribution in [3.63, 3.8) is 0 Å². The van der Waals surface area contributed by atoms with Gasteiger partial charge in [-0.05, 0) is 0 Å². The number of thiophene rings is 1. The molecule has 2 rings (SSSR count). The maximum Gasteiger partial charge on any atom is 0.360 e. The Bertz CT molecular complexity index is 750. The van der Waals surface area contributed by atoms with E-state index in [2.05, 4.69) is 14.7 Å². The highest BCUT2D eigenvalue weighted by atomic mass is 32.1. The van der Waals surface area contributed by atoms with Crippen molar-refractivity contribution in [1.29, 1.82) is 0 Å². The van der Waals surface area contributed by atoms with Crippen molar-refractivity contribution in [3.8, 4) is 16.5 Å². The molecule has 0 aliphatic rings. The monoisotopic (exact) mass is 297 g/mol. The van der Waals surface area contributed by atoms with Gasteiger partial charge >= 0.3 is 5.97 Å². The van der Waals surface area contributed by atoms with Crippen LogP contribution in [-0.4, -0.2) is 33.1 Å². The second-order valence-electron chi connectivity index (χ2n) is 3.53. The van der Waals surface area contributed by atoms with E-state index >= 15 is 0 Å². The highest BCUT2D eigenvalue weighted by molar-refractivity contribution is 7.13. The molecular weight excluding hydrogens is 290 g/mol. The molecule has 10 heteroatoms. The summed E-state index contributed by atoms with van der Waals surface area (Å²) >= 11 is 0.965. The van der Waals surface area contributed by atoms with E-state index in [1.165, 1.54) is 11.4 Å². The molecular formula is C10H7N3O6S. The van der Waals surface area contributed by atoms with Crippen LogP contribution in [0.4, 0.5) is 5.69 Å². The molecule has 0 saturated carbocycles. The van der Waals surface area contributed by atoms with E-state index in [9.17, 15) is 24.8 Å². The molecule has 2 heterocycles. The SMILES string of the molecule is COC(=O)c1nc(-c2cc([N+](=O)[O-])cs2)[nH]c(=O)c1O. The lowest BCUT2D eigenvalue weighted by molar-refractivity contribution is -0.384. The molecule has 0 radical (unpaired) electrons. The number of nitrogens with one attached hydrogen (secondary N) is 1. The molecule has 0 bridgehead atoms. The second kappa shape index (κ2) is 5.09. The molecule has 20 heavy (non-hydrogen) atoms. The third-order valence-electron chi connectivity index (χ3n) is 2.30. The summed E-state index contributed by atoms with van der Waals surface area (Å²) in [5.41, 5.74) is -1.66. The zero-order chi connectivity index (χ0) is 14.9. The lowest BCUT2D eigenvalue weighted by Gasteiger charge is -2.03. The van der Waals surface area contributed by atoms with Crippen LogP contribution in [0.15, 0.2) is 16.2 Å². The first kappa shape index (κ1) is 13.7. The first-order valence-corrected chi connectivity index (χ1v) is 5.97. The maximum atomic E-state index is 11.5. The number of ether oxygens (including phenoxy) is 1. The van der Waals surface area contributed by atoms with Crippen molar-refractivity contribution in [2.24, 2.45) is 0 Å². The Morgan fingerprint density at radius 3 is 2.85 bits per heavy atom. The van der Waals surface area contributed by atoms with Crippen LogP contribution in [0.3, 0.4) is 0 Å². The van der Waals surface area contributed by atoms with E-state index in [0.717, 1.165) is 18.4 Å². The van der Waals surface area contributed by atoms with Crippen molar-refractivity contribution >= 4 is 23.0 Å². The van der Waals surface area contributed by atoms with Gasteiger partial charge < -0.3 is 14.8 Å². The third-order valence-corrected chi connectivity index (χ3v) is 3.23. The Morgan fingerprint density at radius 2 is 2.30 bits per heavy atom. The molecule has 9 nitrogen and oxygen atoms in total. The van der Waals surface area contributed by atoms with Crippen molar-refractivity contribution < 1.29 is 19.6 Å². The topological polar surface area (TPSA) is 135 Å². The number of rotatable bonds is 3. The largest absolute Gasteiger partial charge is 0.501 e. The van der Waals surface area contributed by atoms with E-state index in [1.807, 2.05) is 0 Å². The highest BCUT2D eigenvalue weighted by Gasteiger charge is 2.20. The zero-order valence-corrected chi connectivity index (χ0v) is 10.8. The van der Waals surface area contributed by atoms with Gasteiger partial charge in [0.15, 0.2) is 11.5 Å². The van der Waals surface area contributed by atoms with E-state index in [-0.39, 0.29) is 16.4 Å². The summed E-state index contributed by atoms with van der Waals surface area (Å²) in [6, 6.07) is 1.20. The van der Waals surface area contributed by atoms with E-state index in [1.54, 1.807) is 0 Å². The first-order valence-electron chi connectivity index (χ1n) is 5.09. The second-order valence-corrected chi connectivity index (χ2v) is 4.44. The molecule has 0 aliphatic heterocycles. The highest BCUT2D eigenvalue weighted by Crippen LogP contribution is 2.28. The summed E-state index contributed by atoms with van der Waals surface area (Å²) in [4.78, 5) is 39.1. The molecule has 2 aromatic rings. The van der Waals surface area contributed by atoms with Crippen molar-refractivity contribution in [2.45, 2.75) is 0 Å². The van der Waals surface area contributed by atoms with E-state index in [0.29, 0.717) is 0 Å². The predicted octanol–water partition coefficient (Wildman–Crippen LogP) is 0.899. The number of nitrogens with zero attached hydrogens (tertiary/aromatic N) is 2. The van der Waals surface area contributed by atoms with Gasteiger partial charge in [-0.3, -0.25) is 14.9 Å². The van der Waals surface area contributed by atoms with Crippen LogP contribution in [0, 0.1) is 10.1 Å². The van der Waals surface area contributed by atoms with Gasteiger partial charge in [-0.15, -0.1) is 11.3 Å². The summed E-state index contributed by atoms with van der Waals surface area (Å²) < 4.78 is 4.39. The fourth-order valence-corrected chi connectivity index (χ4v) is 2.17. The van der Waals surface area contributed by atoms with E-state index < -0.39 is 27.9 Å². The molecule has 2 N–H and O–H groups in total. The normalized spacial score (nSPS) is 10.2. The van der Waals surface area contributed by atoms with Gasteiger partial charge in [0.2, 0.25) is 5.75 Å². The molecule has 0 unspecified atom stereocenters. The summed E-state index contributed by atoms with van der Waals surface area (Å²) in [6.45, 7) is 0. The lowest BCUT2D eigenvalue weighted by atomic mass is 10.3. The summed E-state index contributed by atoms with van der Waals surface area (Å²) in [6.07, 6.45) is 0. The molecule has 0 aliphatic carbocycles. The van der Waals surface area contributed by atoms with Gasteiger partial charge in [-0.25, -0.2) is 9.78 Å². The fourth-order valence-electron chi connectivity index (χ4n) is 1.37. The average molecular weight is 297 g/mol. The minimum absolute atomic E-state index is 0.0636. The number of carbonyl (C=O) groups excluding carboxylic acids is 1. The third kappa shape index (κ3) is 2.36. The quantitative estimate of drug-likeness (QED) is 0.488. The summed E-state index contributed by atoms with van der Waals surface area (Å²) in [7, 11) is 1.07. The van der Waals surface area contributed by atoms with Crippen LogP contribution in [0.1, 0.15) is 10.5 Å². The van der Waals surface area contributed by atoms with Crippen LogP contribution in [0.5, 0.6) is 5.75 Å². The first-order chi connectivity index (χ1) is 9.43.